The van der Waals surface area contributed by atoms with Gasteiger partial charge in [0, 0.05) is 23.7 Å². The maximum Gasteiger partial charge on any atom is 0.336 e. The Morgan fingerprint density at radius 2 is 1.86 bits per heavy atom. The zero-order valence-electron chi connectivity index (χ0n) is 17.2. The van der Waals surface area contributed by atoms with Gasteiger partial charge in [0.05, 0.1) is 13.7 Å². The topological polar surface area (TPSA) is 71.8 Å². The average molecular weight is 394 g/mol. The van der Waals surface area contributed by atoms with Crippen LogP contribution < -0.4 is 15.7 Å². The second-order valence-electron chi connectivity index (χ2n) is 7.05. The van der Waals surface area contributed by atoms with Crippen molar-refractivity contribution in [3.63, 3.8) is 0 Å². The van der Waals surface area contributed by atoms with Gasteiger partial charge in [0.2, 0.25) is 5.91 Å². The zero-order chi connectivity index (χ0) is 21.0. The van der Waals surface area contributed by atoms with Crippen molar-refractivity contribution in [2.45, 2.75) is 27.3 Å². The number of likely N-dealkylation sites (N-methyl/N-ethyl adjacent to an activating group) is 1. The number of ether oxygens (including phenoxy) is 1. The largest absolute Gasteiger partial charge is 0.497 e. The number of amides is 1. The number of hydrogen-bond acceptors (Lipinski definition) is 5. The van der Waals surface area contributed by atoms with Crippen LogP contribution in [0.5, 0.6) is 5.75 Å². The van der Waals surface area contributed by atoms with E-state index in [-0.39, 0.29) is 18.1 Å². The molecule has 0 aliphatic heterocycles. The van der Waals surface area contributed by atoms with Crippen LogP contribution in [0.25, 0.3) is 11.0 Å². The first-order chi connectivity index (χ1) is 13.9. The second-order valence-corrected chi connectivity index (χ2v) is 7.05. The number of nitrogens with zero attached hydrogens (tertiary/aromatic N) is 1. The molecule has 2 aromatic carbocycles. The summed E-state index contributed by atoms with van der Waals surface area (Å²) < 4.78 is 10.6. The molecule has 6 nitrogen and oxygen atoms in total. The van der Waals surface area contributed by atoms with Crippen LogP contribution in [0.15, 0.2) is 51.7 Å². The first kappa shape index (κ1) is 20.6. The molecule has 0 fully saturated rings. The minimum Gasteiger partial charge on any atom is -0.497 e. The maximum atomic E-state index is 12.5. The monoisotopic (exact) mass is 394 g/mol. The van der Waals surface area contributed by atoms with Crippen LogP contribution in [-0.2, 0) is 11.3 Å². The van der Waals surface area contributed by atoms with Crippen molar-refractivity contribution < 1.29 is 13.9 Å². The molecule has 0 saturated heterocycles. The van der Waals surface area contributed by atoms with Crippen molar-refractivity contribution >= 4 is 22.6 Å². The molecule has 0 spiro atoms. The van der Waals surface area contributed by atoms with Crippen molar-refractivity contribution in [1.82, 2.24) is 4.90 Å². The summed E-state index contributed by atoms with van der Waals surface area (Å²) in [4.78, 5) is 26.6. The fourth-order valence-electron chi connectivity index (χ4n) is 3.25. The van der Waals surface area contributed by atoms with E-state index in [1.54, 1.807) is 31.4 Å². The van der Waals surface area contributed by atoms with E-state index in [4.69, 9.17) is 9.15 Å². The molecule has 3 rings (SSSR count). The number of methoxy groups -OCH3 is 1. The molecule has 3 aromatic rings. The Kier molecular flexibility index (Phi) is 6.34. The third kappa shape index (κ3) is 4.84. The molecule has 0 bridgehead atoms. The molecule has 1 amide bonds. The summed E-state index contributed by atoms with van der Waals surface area (Å²) in [5.74, 6) is 0.620. The first-order valence-electron chi connectivity index (χ1n) is 9.60. The van der Waals surface area contributed by atoms with Crippen LogP contribution >= 0.6 is 0 Å². The van der Waals surface area contributed by atoms with Crippen molar-refractivity contribution in [3.05, 3.63) is 69.6 Å². The normalized spacial score (nSPS) is 11.1. The molecule has 1 aromatic heterocycles. The van der Waals surface area contributed by atoms with E-state index in [0.29, 0.717) is 24.4 Å². The average Bonchev–Trinajstić information content (AvgIpc) is 2.71. The van der Waals surface area contributed by atoms with Crippen LogP contribution in [0, 0.1) is 13.8 Å². The van der Waals surface area contributed by atoms with Gasteiger partial charge >= 0.3 is 5.63 Å². The number of carbonyl (C=O) groups is 1. The fraction of sp³-hybridized carbons (Fsp3) is 0.304. The van der Waals surface area contributed by atoms with E-state index in [9.17, 15) is 9.59 Å². The van der Waals surface area contributed by atoms with Crippen LogP contribution in [0.2, 0.25) is 0 Å². The number of benzene rings is 2. The van der Waals surface area contributed by atoms with Crippen molar-refractivity contribution in [1.29, 1.82) is 0 Å². The molecule has 152 valence electrons. The highest BCUT2D eigenvalue weighted by Gasteiger charge is 2.15. The van der Waals surface area contributed by atoms with Crippen molar-refractivity contribution in [2.24, 2.45) is 0 Å². The lowest BCUT2D eigenvalue weighted by molar-refractivity contribution is -0.117. The van der Waals surface area contributed by atoms with E-state index >= 15 is 0 Å². The van der Waals surface area contributed by atoms with Crippen LogP contribution in [0.4, 0.5) is 5.69 Å². The van der Waals surface area contributed by atoms with Gasteiger partial charge in [0.1, 0.15) is 11.3 Å². The predicted octanol–water partition coefficient (Wildman–Crippen LogP) is 3.88. The summed E-state index contributed by atoms with van der Waals surface area (Å²) in [5.41, 5.74) is 3.85. The summed E-state index contributed by atoms with van der Waals surface area (Å²) in [6, 6.07) is 12.7. The van der Waals surface area contributed by atoms with Gasteiger partial charge in [-0.1, -0.05) is 19.1 Å². The van der Waals surface area contributed by atoms with Gasteiger partial charge in [0.15, 0.2) is 0 Å². The Hall–Kier alpha value is -3.12. The van der Waals surface area contributed by atoms with Gasteiger partial charge in [0.25, 0.3) is 0 Å². The van der Waals surface area contributed by atoms with Crippen LogP contribution in [0.3, 0.4) is 0 Å². The highest BCUT2D eigenvalue weighted by Crippen LogP contribution is 2.24. The second kappa shape index (κ2) is 8.92. The van der Waals surface area contributed by atoms with Gasteiger partial charge < -0.3 is 14.5 Å². The minimum atomic E-state index is -0.375. The van der Waals surface area contributed by atoms with Crippen molar-refractivity contribution in [2.75, 3.05) is 25.5 Å². The molecular weight excluding hydrogens is 368 g/mol. The Morgan fingerprint density at radius 1 is 1.14 bits per heavy atom. The van der Waals surface area contributed by atoms with Crippen LogP contribution in [0.1, 0.15) is 23.6 Å². The number of anilines is 1. The zero-order valence-corrected chi connectivity index (χ0v) is 17.2. The molecule has 1 heterocycles. The number of aryl methyl sites for hydroxylation is 2. The molecule has 0 radical (unpaired) electrons. The van der Waals surface area contributed by atoms with Gasteiger partial charge in [-0.3, -0.25) is 9.69 Å². The summed E-state index contributed by atoms with van der Waals surface area (Å²) in [6.07, 6.45) is 0. The molecule has 6 heteroatoms. The Balaban J connectivity index is 1.76. The van der Waals surface area contributed by atoms with Crippen molar-refractivity contribution in [3.8, 4) is 5.75 Å². The maximum absolute atomic E-state index is 12.5. The third-order valence-corrected chi connectivity index (χ3v) is 5.10. The first-order valence-corrected chi connectivity index (χ1v) is 9.60. The molecule has 0 saturated carbocycles. The van der Waals surface area contributed by atoms with E-state index in [1.165, 1.54) is 6.07 Å². The summed E-state index contributed by atoms with van der Waals surface area (Å²) >= 11 is 0. The Morgan fingerprint density at radius 3 is 2.52 bits per heavy atom. The molecule has 1 N–H and O–H groups in total. The lowest BCUT2D eigenvalue weighted by atomic mass is 10.0. The lowest BCUT2D eigenvalue weighted by Crippen LogP contribution is -2.33. The van der Waals surface area contributed by atoms with E-state index in [0.717, 1.165) is 27.8 Å². The third-order valence-electron chi connectivity index (χ3n) is 5.10. The number of hydrogen-bond donors (Lipinski definition) is 1. The van der Waals surface area contributed by atoms with Gasteiger partial charge in [-0.05, 0) is 61.3 Å². The molecule has 0 atom stereocenters. The Labute approximate surface area is 170 Å². The van der Waals surface area contributed by atoms with E-state index in [2.05, 4.69) is 5.32 Å². The van der Waals surface area contributed by atoms with Gasteiger partial charge in [-0.25, -0.2) is 4.79 Å². The molecule has 29 heavy (non-hydrogen) atoms. The molecule has 0 unspecified atom stereocenters. The van der Waals surface area contributed by atoms with E-state index < -0.39 is 0 Å². The number of nitrogens with one attached hydrogen (secondary N) is 1. The molecular formula is C23H26N2O4. The lowest BCUT2D eigenvalue weighted by Gasteiger charge is -2.21. The SMILES string of the molecule is CCN(CC(=O)Nc1ccc(OC)cc1)Cc1cc(=O)oc2c(C)c(C)ccc12. The highest BCUT2D eigenvalue weighted by atomic mass is 16.5. The van der Waals surface area contributed by atoms with Crippen LogP contribution in [-0.4, -0.2) is 31.0 Å². The van der Waals surface area contributed by atoms with Gasteiger partial charge in [-0.15, -0.1) is 0 Å². The summed E-state index contributed by atoms with van der Waals surface area (Å²) in [7, 11) is 1.60. The number of fused-ring (bicyclic) bond motifs is 1. The Bertz CT molecular complexity index is 1070. The number of carbonyl (C=O) groups excluding carboxylic acids is 1. The van der Waals surface area contributed by atoms with Gasteiger partial charge in [-0.2, -0.15) is 0 Å². The molecule has 0 aliphatic carbocycles. The quantitative estimate of drug-likeness (QED) is 0.616. The predicted molar refractivity (Wildman–Crippen MR) is 115 cm³/mol. The fourth-order valence-corrected chi connectivity index (χ4v) is 3.25. The minimum absolute atomic E-state index is 0.115. The van der Waals surface area contributed by atoms with E-state index in [1.807, 2.05) is 37.8 Å². The smallest absolute Gasteiger partial charge is 0.336 e. The molecule has 0 aliphatic rings. The number of rotatable bonds is 7. The standard InChI is InChI=1S/C23H26N2O4/c1-5-25(14-21(26)24-18-7-9-19(28-4)10-8-18)13-17-12-22(27)29-23-16(3)15(2)6-11-20(17)23/h6-12H,5,13-14H2,1-4H3,(H,24,26). The summed E-state index contributed by atoms with van der Waals surface area (Å²) in [5, 5.41) is 3.80. The summed E-state index contributed by atoms with van der Waals surface area (Å²) in [6.45, 7) is 7.30. The highest BCUT2D eigenvalue weighted by molar-refractivity contribution is 5.92.